The third-order valence-electron chi connectivity index (χ3n) is 2.38. The number of hydrogen-bond donors (Lipinski definition) is 1. The summed E-state index contributed by atoms with van der Waals surface area (Å²) in [5, 5.41) is 2.35. The van der Waals surface area contributed by atoms with Crippen molar-refractivity contribution in [1.82, 2.24) is 5.32 Å². The average Bonchev–Trinajstić information content (AvgIpc) is 2.41. The van der Waals surface area contributed by atoms with Crippen LogP contribution in [0.2, 0.25) is 5.02 Å². The molecule has 0 spiro atoms. The van der Waals surface area contributed by atoms with Gasteiger partial charge in [-0.05, 0) is 18.6 Å². The Morgan fingerprint density at radius 3 is 2.55 bits per heavy atom. The van der Waals surface area contributed by atoms with Gasteiger partial charge in [0, 0.05) is 5.02 Å². The zero-order valence-corrected chi connectivity index (χ0v) is 11.8. The summed E-state index contributed by atoms with van der Waals surface area (Å²) >= 11 is 5.91. The topological polar surface area (TPSA) is 81.7 Å². The molecule has 1 aromatic carbocycles. The van der Waals surface area contributed by atoms with Gasteiger partial charge in [-0.15, -0.1) is 0 Å². The molecule has 6 nitrogen and oxygen atoms in total. The Hall–Kier alpha value is -2.08. The van der Waals surface area contributed by atoms with E-state index in [1.807, 2.05) is 5.32 Å². The van der Waals surface area contributed by atoms with E-state index < -0.39 is 24.1 Å². The van der Waals surface area contributed by atoms with Crippen LogP contribution >= 0.6 is 11.6 Å². The molecule has 0 unspecified atom stereocenters. The lowest BCUT2D eigenvalue weighted by molar-refractivity contribution is -0.153. The summed E-state index contributed by atoms with van der Waals surface area (Å²) in [6.07, 6.45) is -2.08. The van der Waals surface area contributed by atoms with Gasteiger partial charge in [0.25, 0.3) is 5.91 Å². The maximum atomic E-state index is 11.7. The molecule has 0 saturated carbocycles. The van der Waals surface area contributed by atoms with E-state index in [2.05, 4.69) is 4.74 Å². The molecule has 20 heavy (non-hydrogen) atoms. The second kappa shape index (κ2) is 7.49. The molecule has 0 fully saturated rings. The molecule has 1 N–H and O–H groups in total. The molecule has 108 valence electrons. The van der Waals surface area contributed by atoms with Crippen molar-refractivity contribution in [2.45, 2.75) is 19.4 Å². The predicted molar refractivity (Wildman–Crippen MR) is 71.3 cm³/mol. The fourth-order valence-corrected chi connectivity index (χ4v) is 1.55. The van der Waals surface area contributed by atoms with Gasteiger partial charge in [0.2, 0.25) is 0 Å². The Balaban J connectivity index is 2.52. The highest BCUT2D eigenvalue weighted by Crippen LogP contribution is 2.16. The minimum absolute atomic E-state index is 0.0600. The number of imide groups is 1. The van der Waals surface area contributed by atoms with Gasteiger partial charge < -0.3 is 9.47 Å². The van der Waals surface area contributed by atoms with Crippen LogP contribution < -0.4 is 5.32 Å². The summed E-state index contributed by atoms with van der Waals surface area (Å²) in [6, 6.07) is 6.81. The molecular formula is C13H14ClNO5. The van der Waals surface area contributed by atoms with E-state index in [1.165, 1.54) is 6.92 Å². The third kappa shape index (κ3) is 4.89. The van der Waals surface area contributed by atoms with Gasteiger partial charge in [0.15, 0.2) is 6.10 Å². The van der Waals surface area contributed by atoms with Crippen LogP contribution in [0.15, 0.2) is 24.3 Å². The summed E-state index contributed by atoms with van der Waals surface area (Å²) in [7, 11) is 1.12. The summed E-state index contributed by atoms with van der Waals surface area (Å²) in [4.78, 5) is 33.9. The highest BCUT2D eigenvalue weighted by Gasteiger charge is 2.20. The summed E-state index contributed by atoms with van der Waals surface area (Å²) in [5.41, 5.74) is 0.597. The van der Waals surface area contributed by atoms with Crippen molar-refractivity contribution in [1.29, 1.82) is 0 Å². The largest absolute Gasteiger partial charge is 0.453 e. The van der Waals surface area contributed by atoms with Crippen LogP contribution in [0.1, 0.15) is 12.5 Å². The van der Waals surface area contributed by atoms with E-state index >= 15 is 0 Å². The number of hydrogen-bond acceptors (Lipinski definition) is 5. The van der Waals surface area contributed by atoms with Gasteiger partial charge in [-0.25, -0.2) is 4.79 Å². The maximum absolute atomic E-state index is 11.7. The molecule has 0 radical (unpaired) electrons. The number of esters is 1. The van der Waals surface area contributed by atoms with Gasteiger partial charge >= 0.3 is 12.1 Å². The maximum Gasteiger partial charge on any atom is 0.413 e. The van der Waals surface area contributed by atoms with Crippen molar-refractivity contribution in [3.8, 4) is 0 Å². The van der Waals surface area contributed by atoms with Gasteiger partial charge in [-0.2, -0.15) is 0 Å². The molecule has 1 aromatic rings. The van der Waals surface area contributed by atoms with E-state index in [-0.39, 0.29) is 6.42 Å². The number of rotatable bonds is 4. The molecule has 0 aromatic heterocycles. The molecular weight excluding hydrogens is 286 g/mol. The first-order valence-electron chi connectivity index (χ1n) is 5.75. The molecule has 1 rings (SSSR count). The van der Waals surface area contributed by atoms with Crippen molar-refractivity contribution >= 4 is 29.6 Å². The van der Waals surface area contributed by atoms with Crippen LogP contribution in [0.25, 0.3) is 0 Å². The predicted octanol–water partition coefficient (Wildman–Crippen LogP) is 1.70. The highest BCUT2D eigenvalue weighted by molar-refractivity contribution is 6.31. The number of carbonyl (C=O) groups is 3. The Bertz CT molecular complexity index is 517. The molecule has 0 bridgehead atoms. The van der Waals surface area contributed by atoms with E-state index in [9.17, 15) is 14.4 Å². The van der Waals surface area contributed by atoms with Crippen LogP contribution in [0.4, 0.5) is 4.79 Å². The lowest BCUT2D eigenvalue weighted by Crippen LogP contribution is -2.39. The molecule has 0 aliphatic rings. The number of ether oxygens (including phenoxy) is 2. The summed E-state index contributed by atoms with van der Waals surface area (Å²) in [5.74, 6) is -1.38. The normalized spacial score (nSPS) is 11.3. The van der Waals surface area contributed by atoms with Crippen LogP contribution in [0.3, 0.4) is 0 Å². The molecule has 0 aliphatic carbocycles. The van der Waals surface area contributed by atoms with Gasteiger partial charge in [-0.3, -0.25) is 14.9 Å². The van der Waals surface area contributed by atoms with Crippen molar-refractivity contribution in [3.05, 3.63) is 34.9 Å². The Labute approximate surface area is 121 Å². The van der Waals surface area contributed by atoms with E-state index in [1.54, 1.807) is 24.3 Å². The van der Waals surface area contributed by atoms with Crippen molar-refractivity contribution in [3.63, 3.8) is 0 Å². The van der Waals surface area contributed by atoms with E-state index in [0.717, 1.165) is 7.11 Å². The SMILES string of the molecule is COC(=O)NC(=O)[C@H](C)OC(=O)Cc1ccccc1Cl. The smallest absolute Gasteiger partial charge is 0.413 e. The van der Waals surface area contributed by atoms with Gasteiger partial charge in [0.1, 0.15) is 0 Å². The summed E-state index contributed by atoms with van der Waals surface area (Å²) in [6.45, 7) is 1.35. The number of nitrogens with one attached hydrogen (secondary N) is 1. The van der Waals surface area contributed by atoms with Crippen molar-refractivity contribution in [2.75, 3.05) is 7.11 Å². The molecule has 0 saturated heterocycles. The average molecular weight is 300 g/mol. The standard InChI is InChI=1S/C13H14ClNO5/c1-8(12(17)15-13(18)19-2)20-11(16)7-9-5-3-4-6-10(9)14/h3-6,8H,7H2,1-2H3,(H,15,17,18)/t8-/m0/s1. The molecule has 7 heteroatoms. The second-order valence-electron chi connectivity index (χ2n) is 3.88. The highest BCUT2D eigenvalue weighted by atomic mass is 35.5. The molecule has 1 atom stereocenters. The number of amides is 2. The lowest BCUT2D eigenvalue weighted by atomic mass is 10.1. The Morgan fingerprint density at radius 1 is 1.30 bits per heavy atom. The minimum Gasteiger partial charge on any atom is -0.453 e. The van der Waals surface area contributed by atoms with Crippen LogP contribution in [0, 0.1) is 0 Å². The summed E-state index contributed by atoms with van der Waals surface area (Å²) < 4.78 is 9.16. The first-order chi connectivity index (χ1) is 9.43. The lowest BCUT2D eigenvalue weighted by Gasteiger charge is -2.12. The first kappa shape index (κ1) is 16.0. The number of benzene rings is 1. The number of methoxy groups -OCH3 is 1. The fourth-order valence-electron chi connectivity index (χ4n) is 1.34. The van der Waals surface area contributed by atoms with Crippen LogP contribution in [-0.4, -0.2) is 31.2 Å². The molecule has 0 heterocycles. The number of alkyl carbamates (subject to hydrolysis) is 1. The zero-order valence-electron chi connectivity index (χ0n) is 11.0. The number of halogens is 1. The Kier molecular flexibility index (Phi) is 5.99. The monoisotopic (exact) mass is 299 g/mol. The quantitative estimate of drug-likeness (QED) is 0.856. The van der Waals surface area contributed by atoms with Crippen LogP contribution in [-0.2, 0) is 25.5 Å². The zero-order chi connectivity index (χ0) is 15.1. The van der Waals surface area contributed by atoms with Gasteiger partial charge in [0.05, 0.1) is 13.5 Å². The van der Waals surface area contributed by atoms with Crippen LogP contribution in [0.5, 0.6) is 0 Å². The van der Waals surface area contributed by atoms with Gasteiger partial charge in [-0.1, -0.05) is 29.8 Å². The van der Waals surface area contributed by atoms with E-state index in [4.69, 9.17) is 16.3 Å². The third-order valence-corrected chi connectivity index (χ3v) is 2.75. The fraction of sp³-hybridized carbons (Fsp3) is 0.308. The number of carbonyl (C=O) groups excluding carboxylic acids is 3. The molecule has 0 aliphatic heterocycles. The van der Waals surface area contributed by atoms with Crippen molar-refractivity contribution < 1.29 is 23.9 Å². The first-order valence-corrected chi connectivity index (χ1v) is 6.13. The van der Waals surface area contributed by atoms with E-state index in [0.29, 0.717) is 10.6 Å². The van der Waals surface area contributed by atoms with Crippen molar-refractivity contribution in [2.24, 2.45) is 0 Å². The second-order valence-corrected chi connectivity index (χ2v) is 4.29. The Morgan fingerprint density at radius 2 is 1.95 bits per heavy atom. The minimum atomic E-state index is -1.11. The molecule has 2 amide bonds.